The Kier molecular flexibility index (Phi) is 4.66. The van der Waals surface area contributed by atoms with Crippen molar-refractivity contribution in [2.45, 2.75) is 12.8 Å². The topological polar surface area (TPSA) is 94.2 Å². The van der Waals surface area contributed by atoms with Crippen LogP contribution in [0.4, 0.5) is 5.82 Å². The number of hydrogen-bond acceptors (Lipinski definition) is 7. The molecule has 0 aromatic carbocycles. The molecule has 8 heteroatoms. The van der Waals surface area contributed by atoms with Crippen LogP contribution in [0.2, 0.25) is 0 Å². The fraction of sp³-hybridized carbons (Fsp3) is 0.333. The number of fused-ring (bicyclic) bond motifs is 1. The maximum absolute atomic E-state index is 11.2. The van der Waals surface area contributed by atoms with E-state index in [-0.39, 0.29) is 5.69 Å². The van der Waals surface area contributed by atoms with E-state index in [0.717, 1.165) is 42.0 Å². The van der Waals surface area contributed by atoms with Gasteiger partial charge in [-0.15, -0.1) is 11.3 Å². The molecule has 3 aromatic rings. The van der Waals surface area contributed by atoms with Crippen LogP contribution in [0.25, 0.3) is 10.2 Å². The molecule has 4 heterocycles. The molecule has 3 aromatic heterocycles. The number of pyridine rings is 1. The first-order valence-corrected chi connectivity index (χ1v) is 9.40. The lowest BCUT2D eigenvalue weighted by molar-refractivity contribution is 0.0995. The van der Waals surface area contributed by atoms with E-state index in [9.17, 15) is 4.79 Å². The van der Waals surface area contributed by atoms with E-state index < -0.39 is 5.91 Å². The number of aromatic nitrogens is 3. The number of thiophene rings is 1. The van der Waals surface area contributed by atoms with Crippen molar-refractivity contribution in [2.24, 2.45) is 11.7 Å². The summed E-state index contributed by atoms with van der Waals surface area (Å²) in [4.78, 5) is 27.3. The van der Waals surface area contributed by atoms with Gasteiger partial charge in [0.05, 0.1) is 12.0 Å². The van der Waals surface area contributed by atoms with E-state index >= 15 is 0 Å². The Balaban J connectivity index is 1.35. The number of rotatable bonds is 5. The monoisotopic (exact) mass is 369 g/mol. The van der Waals surface area contributed by atoms with Crippen LogP contribution >= 0.6 is 11.3 Å². The Morgan fingerprint density at radius 3 is 2.92 bits per heavy atom. The van der Waals surface area contributed by atoms with Crippen molar-refractivity contribution in [3.8, 4) is 5.75 Å². The van der Waals surface area contributed by atoms with E-state index in [1.807, 2.05) is 0 Å². The molecule has 0 unspecified atom stereocenters. The molecule has 1 aliphatic rings. The van der Waals surface area contributed by atoms with Gasteiger partial charge in [0.1, 0.15) is 28.4 Å². The molecule has 1 amide bonds. The molecule has 7 nitrogen and oxygen atoms in total. The summed E-state index contributed by atoms with van der Waals surface area (Å²) >= 11 is 1.64. The van der Waals surface area contributed by atoms with E-state index in [4.69, 9.17) is 10.5 Å². The van der Waals surface area contributed by atoms with Crippen LogP contribution in [0, 0.1) is 5.92 Å². The van der Waals surface area contributed by atoms with Gasteiger partial charge in [0, 0.05) is 25.4 Å². The zero-order chi connectivity index (χ0) is 17.9. The van der Waals surface area contributed by atoms with Gasteiger partial charge in [-0.05, 0) is 36.3 Å². The average molecular weight is 369 g/mol. The number of piperidine rings is 1. The second kappa shape index (κ2) is 7.25. The minimum absolute atomic E-state index is 0.223. The maximum Gasteiger partial charge on any atom is 0.267 e. The number of hydrogen-bond donors (Lipinski definition) is 1. The number of carbonyl (C=O) groups excluding carboxylic acids is 1. The van der Waals surface area contributed by atoms with Crippen LogP contribution in [-0.2, 0) is 0 Å². The third kappa shape index (κ3) is 3.45. The highest BCUT2D eigenvalue weighted by molar-refractivity contribution is 7.16. The second-order valence-corrected chi connectivity index (χ2v) is 7.21. The Morgan fingerprint density at radius 2 is 2.12 bits per heavy atom. The first-order valence-electron chi connectivity index (χ1n) is 8.52. The van der Waals surface area contributed by atoms with Gasteiger partial charge < -0.3 is 15.4 Å². The summed E-state index contributed by atoms with van der Waals surface area (Å²) in [6, 6.07) is 5.42. The third-order valence-electron chi connectivity index (χ3n) is 4.62. The number of primary amides is 1. The number of carbonyl (C=O) groups is 1. The molecule has 0 bridgehead atoms. The van der Waals surface area contributed by atoms with Crippen molar-refractivity contribution in [1.82, 2.24) is 15.0 Å². The molecule has 2 N–H and O–H groups in total. The van der Waals surface area contributed by atoms with Crippen LogP contribution in [0.15, 0.2) is 36.1 Å². The van der Waals surface area contributed by atoms with Crippen molar-refractivity contribution >= 4 is 33.3 Å². The van der Waals surface area contributed by atoms with Crippen molar-refractivity contribution in [3.63, 3.8) is 0 Å². The summed E-state index contributed by atoms with van der Waals surface area (Å²) in [5, 5.41) is 3.18. The van der Waals surface area contributed by atoms with Gasteiger partial charge in [-0.1, -0.05) is 0 Å². The maximum atomic E-state index is 11.2. The van der Waals surface area contributed by atoms with Crippen LogP contribution in [0.3, 0.4) is 0 Å². The average Bonchev–Trinajstić information content (AvgIpc) is 3.16. The first kappa shape index (κ1) is 16.7. The quantitative estimate of drug-likeness (QED) is 0.742. The van der Waals surface area contributed by atoms with E-state index in [2.05, 4.69) is 31.3 Å². The van der Waals surface area contributed by atoms with Gasteiger partial charge in [0.2, 0.25) is 0 Å². The SMILES string of the molecule is NC(=O)c1cc(OCC2CCN(c3ncnc4sccc34)CC2)ccn1. The zero-order valence-electron chi connectivity index (χ0n) is 14.2. The predicted molar refractivity (Wildman–Crippen MR) is 101 cm³/mol. The summed E-state index contributed by atoms with van der Waals surface area (Å²) < 4.78 is 5.84. The van der Waals surface area contributed by atoms with E-state index in [1.54, 1.807) is 36.0 Å². The van der Waals surface area contributed by atoms with Gasteiger partial charge in [-0.2, -0.15) is 0 Å². The first-order chi connectivity index (χ1) is 12.7. The summed E-state index contributed by atoms with van der Waals surface area (Å²) in [6.07, 6.45) is 5.25. The molecule has 1 fully saturated rings. The van der Waals surface area contributed by atoms with Crippen LogP contribution in [0.1, 0.15) is 23.3 Å². The summed E-state index contributed by atoms with van der Waals surface area (Å²) in [7, 11) is 0. The van der Waals surface area contributed by atoms with Crippen LogP contribution in [-0.4, -0.2) is 40.6 Å². The Labute approximate surface area is 154 Å². The third-order valence-corrected chi connectivity index (χ3v) is 5.45. The van der Waals surface area contributed by atoms with Crippen molar-refractivity contribution < 1.29 is 9.53 Å². The fourth-order valence-electron chi connectivity index (χ4n) is 3.19. The molecule has 26 heavy (non-hydrogen) atoms. The molecule has 1 saturated heterocycles. The highest BCUT2D eigenvalue weighted by atomic mass is 32.1. The van der Waals surface area contributed by atoms with E-state index in [1.165, 1.54) is 0 Å². The highest BCUT2D eigenvalue weighted by Gasteiger charge is 2.22. The standard InChI is InChI=1S/C18H19N5O2S/c19-16(24)15-9-13(1-5-20-15)25-10-12-2-6-23(7-3-12)17-14-4-8-26-18(14)22-11-21-17/h1,4-5,8-9,11-12H,2-3,6-7,10H2,(H2,19,24). The molecule has 0 saturated carbocycles. The molecule has 0 atom stereocenters. The molecule has 4 rings (SSSR count). The number of nitrogens with zero attached hydrogens (tertiary/aromatic N) is 4. The number of amides is 1. The van der Waals surface area contributed by atoms with Gasteiger partial charge in [0.25, 0.3) is 5.91 Å². The van der Waals surface area contributed by atoms with E-state index in [0.29, 0.717) is 18.3 Å². The zero-order valence-corrected chi connectivity index (χ0v) is 15.0. The number of ether oxygens (including phenoxy) is 1. The minimum Gasteiger partial charge on any atom is -0.493 e. The van der Waals surface area contributed by atoms with Gasteiger partial charge in [-0.3, -0.25) is 9.78 Å². The summed E-state index contributed by atoms with van der Waals surface area (Å²) in [5.74, 6) is 1.58. The fourth-order valence-corrected chi connectivity index (χ4v) is 3.92. The molecule has 0 spiro atoms. The highest BCUT2D eigenvalue weighted by Crippen LogP contribution is 2.30. The Hall–Kier alpha value is -2.74. The molecule has 134 valence electrons. The lowest BCUT2D eigenvalue weighted by Gasteiger charge is -2.32. The van der Waals surface area contributed by atoms with Gasteiger partial charge in [-0.25, -0.2) is 9.97 Å². The normalized spacial score (nSPS) is 15.3. The van der Waals surface area contributed by atoms with Gasteiger partial charge >= 0.3 is 0 Å². The van der Waals surface area contributed by atoms with Crippen molar-refractivity contribution in [3.05, 3.63) is 41.8 Å². The Morgan fingerprint density at radius 1 is 1.27 bits per heavy atom. The van der Waals surface area contributed by atoms with Crippen molar-refractivity contribution in [2.75, 3.05) is 24.6 Å². The smallest absolute Gasteiger partial charge is 0.267 e. The second-order valence-electron chi connectivity index (χ2n) is 6.32. The number of nitrogens with two attached hydrogens (primary N) is 1. The van der Waals surface area contributed by atoms with Crippen LogP contribution < -0.4 is 15.4 Å². The molecule has 0 aliphatic carbocycles. The summed E-state index contributed by atoms with van der Waals surface area (Å²) in [5.41, 5.74) is 5.47. The Bertz CT molecular complexity index is 921. The largest absolute Gasteiger partial charge is 0.493 e. The summed E-state index contributed by atoms with van der Waals surface area (Å²) in [6.45, 7) is 2.51. The van der Waals surface area contributed by atoms with Gasteiger partial charge in [0.15, 0.2) is 0 Å². The number of anilines is 1. The lowest BCUT2D eigenvalue weighted by Crippen LogP contribution is -2.36. The molecule has 0 radical (unpaired) electrons. The lowest BCUT2D eigenvalue weighted by atomic mass is 9.97. The molecular weight excluding hydrogens is 350 g/mol. The molecule has 1 aliphatic heterocycles. The molecular formula is C18H19N5O2S. The van der Waals surface area contributed by atoms with Crippen LogP contribution in [0.5, 0.6) is 5.75 Å². The predicted octanol–water partition coefficient (Wildman–Crippen LogP) is 2.48. The minimum atomic E-state index is -0.548. The van der Waals surface area contributed by atoms with Crippen molar-refractivity contribution in [1.29, 1.82) is 0 Å².